The average molecular weight is 211 g/mol. The predicted molar refractivity (Wildman–Crippen MR) is 37.2 cm³/mol. The first-order valence-electron chi connectivity index (χ1n) is 3.00. The number of rotatable bonds is 1. The molecule has 70 valence electrons. The fourth-order valence-electron chi connectivity index (χ4n) is 0.576. The second-order valence-electron chi connectivity index (χ2n) is 2.07. The van der Waals surface area contributed by atoms with E-state index in [9.17, 15) is 18.0 Å². The van der Waals surface area contributed by atoms with Gasteiger partial charge in [-0.05, 0) is 11.6 Å². The summed E-state index contributed by atoms with van der Waals surface area (Å²) in [4.78, 5) is 16.6. The molecule has 1 rings (SSSR count). The maximum absolute atomic E-state index is 11.9. The summed E-state index contributed by atoms with van der Waals surface area (Å²) in [7, 11) is 0. The van der Waals surface area contributed by atoms with E-state index < -0.39 is 22.8 Å². The third-order valence-electron chi connectivity index (χ3n) is 1.15. The summed E-state index contributed by atoms with van der Waals surface area (Å²) >= 11 is 4.92. The zero-order valence-corrected chi connectivity index (χ0v) is 6.73. The van der Waals surface area contributed by atoms with Gasteiger partial charge in [0.25, 0.3) is 5.24 Å². The molecular weight excluding hydrogens is 209 g/mol. The first kappa shape index (κ1) is 9.91. The van der Waals surface area contributed by atoms with Crippen LogP contribution < -0.4 is 0 Å². The Bertz CT molecular complexity index is 322. The van der Waals surface area contributed by atoms with Gasteiger partial charge >= 0.3 is 6.18 Å². The number of hydrogen-bond donors (Lipinski definition) is 0. The highest BCUT2D eigenvalue weighted by atomic mass is 35.5. The molecule has 7 heteroatoms. The third kappa shape index (κ3) is 2.38. The zero-order chi connectivity index (χ0) is 10.1. The predicted octanol–water partition coefficient (Wildman–Crippen LogP) is 1.87. The summed E-state index contributed by atoms with van der Waals surface area (Å²) in [6, 6.07) is 0. The van der Waals surface area contributed by atoms with Crippen molar-refractivity contribution < 1.29 is 18.0 Å². The molecule has 0 unspecified atom stereocenters. The summed E-state index contributed by atoms with van der Waals surface area (Å²) in [6.07, 6.45) is -3.50. The van der Waals surface area contributed by atoms with Crippen molar-refractivity contribution in [2.45, 2.75) is 6.18 Å². The lowest BCUT2D eigenvalue weighted by molar-refractivity contribution is -0.138. The van der Waals surface area contributed by atoms with Gasteiger partial charge in [0.1, 0.15) is 0 Å². The number of halogens is 4. The van der Waals surface area contributed by atoms with Crippen LogP contribution in [0.15, 0.2) is 12.4 Å². The van der Waals surface area contributed by atoms with E-state index in [2.05, 4.69) is 9.97 Å². The lowest BCUT2D eigenvalue weighted by Crippen LogP contribution is -2.08. The SMILES string of the molecule is O=C(Cl)c1ncc(C(F)(F)F)cn1. The number of aromatic nitrogens is 2. The summed E-state index contributed by atoms with van der Waals surface area (Å²) in [5.74, 6) is -0.449. The number of carbonyl (C=O) groups excluding carboxylic acids is 1. The van der Waals surface area contributed by atoms with E-state index in [-0.39, 0.29) is 0 Å². The molecule has 0 bridgehead atoms. The minimum absolute atomic E-state index is 0.449. The van der Waals surface area contributed by atoms with Gasteiger partial charge in [-0.2, -0.15) is 13.2 Å². The Labute approximate surface area is 75.6 Å². The van der Waals surface area contributed by atoms with Crippen LogP contribution in [0.4, 0.5) is 13.2 Å². The van der Waals surface area contributed by atoms with Gasteiger partial charge in [-0.3, -0.25) is 4.79 Å². The Kier molecular flexibility index (Phi) is 2.51. The van der Waals surface area contributed by atoms with Crippen molar-refractivity contribution in [1.82, 2.24) is 9.97 Å². The van der Waals surface area contributed by atoms with E-state index in [1.807, 2.05) is 0 Å². The van der Waals surface area contributed by atoms with Crippen molar-refractivity contribution in [2.75, 3.05) is 0 Å². The van der Waals surface area contributed by atoms with Gasteiger partial charge in [0.15, 0.2) is 0 Å². The van der Waals surface area contributed by atoms with E-state index in [1.54, 1.807) is 0 Å². The minimum Gasteiger partial charge on any atom is -0.272 e. The third-order valence-corrected chi connectivity index (χ3v) is 1.32. The summed E-state index contributed by atoms with van der Waals surface area (Å²) in [5.41, 5.74) is -1.02. The lowest BCUT2D eigenvalue weighted by Gasteiger charge is -2.04. The highest BCUT2D eigenvalue weighted by molar-refractivity contribution is 6.67. The van der Waals surface area contributed by atoms with Gasteiger partial charge in [0.2, 0.25) is 5.82 Å². The lowest BCUT2D eigenvalue weighted by atomic mass is 10.3. The molecule has 0 spiro atoms. The van der Waals surface area contributed by atoms with Crippen LogP contribution in [-0.4, -0.2) is 15.2 Å². The molecule has 0 aliphatic carbocycles. The van der Waals surface area contributed by atoms with Gasteiger partial charge in [-0.15, -0.1) is 0 Å². The second kappa shape index (κ2) is 3.29. The Morgan fingerprint density at radius 1 is 1.31 bits per heavy atom. The minimum atomic E-state index is -4.51. The second-order valence-corrected chi connectivity index (χ2v) is 2.41. The quantitative estimate of drug-likeness (QED) is 0.665. The summed E-state index contributed by atoms with van der Waals surface area (Å²) < 4.78 is 35.8. The first-order chi connectivity index (χ1) is 5.91. The molecule has 0 aromatic carbocycles. The van der Waals surface area contributed by atoms with Crippen molar-refractivity contribution in [3.05, 3.63) is 23.8 Å². The smallest absolute Gasteiger partial charge is 0.272 e. The number of alkyl halides is 3. The maximum Gasteiger partial charge on any atom is 0.419 e. The summed E-state index contributed by atoms with van der Waals surface area (Å²) in [6.45, 7) is 0. The van der Waals surface area contributed by atoms with Gasteiger partial charge in [-0.1, -0.05) is 0 Å². The molecule has 0 atom stereocenters. The molecule has 0 saturated carbocycles. The number of nitrogens with zero attached hydrogens (tertiary/aromatic N) is 2. The van der Waals surface area contributed by atoms with Crippen molar-refractivity contribution in [1.29, 1.82) is 0 Å². The van der Waals surface area contributed by atoms with Crippen molar-refractivity contribution >= 4 is 16.8 Å². The van der Waals surface area contributed by atoms with Crippen molar-refractivity contribution in [2.24, 2.45) is 0 Å². The van der Waals surface area contributed by atoms with E-state index in [4.69, 9.17) is 11.6 Å². The molecule has 0 aliphatic rings. The molecule has 1 aromatic heterocycles. The van der Waals surface area contributed by atoms with Crippen molar-refractivity contribution in [3.8, 4) is 0 Å². The Hall–Kier alpha value is -1.17. The van der Waals surface area contributed by atoms with E-state index >= 15 is 0 Å². The maximum atomic E-state index is 11.9. The van der Waals surface area contributed by atoms with Gasteiger partial charge in [0.05, 0.1) is 5.56 Å². The number of carbonyl (C=O) groups is 1. The molecule has 13 heavy (non-hydrogen) atoms. The number of hydrogen-bond acceptors (Lipinski definition) is 3. The molecular formula is C6H2ClF3N2O. The molecule has 0 radical (unpaired) electrons. The monoisotopic (exact) mass is 210 g/mol. The normalized spacial score (nSPS) is 11.4. The highest BCUT2D eigenvalue weighted by Crippen LogP contribution is 2.27. The Morgan fingerprint density at radius 3 is 2.08 bits per heavy atom. The Morgan fingerprint density at radius 2 is 1.77 bits per heavy atom. The van der Waals surface area contributed by atoms with Crippen LogP contribution in [0.5, 0.6) is 0 Å². The molecule has 1 aromatic rings. The van der Waals surface area contributed by atoms with E-state index in [0.29, 0.717) is 12.4 Å². The highest BCUT2D eigenvalue weighted by Gasteiger charge is 2.31. The fourth-order valence-corrected chi connectivity index (χ4v) is 0.674. The van der Waals surface area contributed by atoms with E-state index in [0.717, 1.165) is 0 Å². The molecule has 0 amide bonds. The molecule has 3 nitrogen and oxygen atoms in total. The van der Waals surface area contributed by atoms with Crippen LogP contribution in [0.3, 0.4) is 0 Å². The van der Waals surface area contributed by atoms with Crippen LogP contribution in [-0.2, 0) is 6.18 Å². The van der Waals surface area contributed by atoms with Crippen LogP contribution in [0.1, 0.15) is 16.2 Å². The van der Waals surface area contributed by atoms with Crippen LogP contribution >= 0.6 is 11.6 Å². The molecule has 1 heterocycles. The van der Waals surface area contributed by atoms with Gasteiger partial charge in [-0.25, -0.2) is 9.97 Å². The van der Waals surface area contributed by atoms with Gasteiger partial charge < -0.3 is 0 Å². The van der Waals surface area contributed by atoms with E-state index in [1.165, 1.54) is 0 Å². The molecule has 0 saturated heterocycles. The average Bonchev–Trinajstić information content (AvgIpc) is 2.03. The molecule has 0 fully saturated rings. The van der Waals surface area contributed by atoms with Crippen molar-refractivity contribution in [3.63, 3.8) is 0 Å². The van der Waals surface area contributed by atoms with Gasteiger partial charge in [0, 0.05) is 12.4 Å². The largest absolute Gasteiger partial charge is 0.419 e. The first-order valence-corrected chi connectivity index (χ1v) is 3.38. The fraction of sp³-hybridized carbons (Fsp3) is 0.167. The van der Waals surface area contributed by atoms with Crippen LogP contribution in [0.25, 0.3) is 0 Å². The molecule has 0 aliphatic heterocycles. The summed E-state index contributed by atoms with van der Waals surface area (Å²) in [5, 5.41) is -0.992. The van der Waals surface area contributed by atoms with Crippen LogP contribution in [0.2, 0.25) is 0 Å². The molecule has 0 N–H and O–H groups in total. The van der Waals surface area contributed by atoms with Crippen LogP contribution in [0, 0.1) is 0 Å². The topological polar surface area (TPSA) is 42.9 Å². The Balaban J connectivity index is 3.01. The standard InChI is InChI=1S/C6H2ClF3N2O/c7-4(13)5-11-1-3(2-12-5)6(8,9)10/h1-2H. The zero-order valence-electron chi connectivity index (χ0n) is 5.97.